The Morgan fingerprint density at radius 1 is 1.03 bits per heavy atom. The van der Waals surface area contributed by atoms with Crippen LogP contribution in [0.1, 0.15) is 15.9 Å². The molecule has 2 aromatic heterocycles. The van der Waals surface area contributed by atoms with Crippen molar-refractivity contribution in [2.45, 2.75) is 11.4 Å². The average molecular weight is 513 g/mol. The molecule has 0 aliphatic heterocycles. The van der Waals surface area contributed by atoms with E-state index in [0.717, 1.165) is 20.9 Å². The molecular formula is C24H17ClN2O5S2. The molecule has 0 saturated heterocycles. The quantitative estimate of drug-likeness (QED) is 0.317. The standard InChI is InChI=1S/C24H17ClN2O5S2/c1-32-23(28)18-14-27(20-9-5-3-7-17(18)20)34(30,31)16-10-11-21-22(12-16)33-24(29)26(21)13-15-6-2-4-8-19(15)25/h2-12,14H,13H2,1H3. The van der Waals surface area contributed by atoms with Gasteiger partial charge >= 0.3 is 10.8 Å². The highest BCUT2D eigenvalue weighted by Gasteiger charge is 2.25. The fraction of sp³-hybridized carbons (Fsp3) is 0.0833. The Morgan fingerprint density at radius 2 is 1.76 bits per heavy atom. The minimum Gasteiger partial charge on any atom is -0.465 e. The second-order valence-corrected chi connectivity index (χ2v) is 10.7. The number of para-hydroxylation sites is 1. The Labute approximate surface area is 203 Å². The largest absolute Gasteiger partial charge is 0.465 e. The summed E-state index contributed by atoms with van der Waals surface area (Å²) in [5.41, 5.74) is 1.91. The van der Waals surface area contributed by atoms with E-state index in [4.69, 9.17) is 16.3 Å². The van der Waals surface area contributed by atoms with Gasteiger partial charge in [-0.1, -0.05) is 59.3 Å². The lowest BCUT2D eigenvalue weighted by Gasteiger charge is -2.09. The van der Waals surface area contributed by atoms with Crippen molar-refractivity contribution in [2.24, 2.45) is 0 Å². The highest BCUT2D eigenvalue weighted by molar-refractivity contribution is 7.90. The summed E-state index contributed by atoms with van der Waals surface area (Å²) in [7, 11) is -2.82. The fourth-order valence-electron chi connectivity index (χ4n) is 3.89. The molecule has 5 aromatic rings. The van der Waals surface area contributed by atoms with Crippen molar-refractivity contribution >= 4 is 60.0 Å². The maximum Gasteiger partial charge on any atom is 0.340 e. The first kappa shape index (κ1) is 22.4. The molecule has 0 spiro atoms. The van der Waals surface area contributed by atoms with E-state index in [-0.39, 0.29) is 21.9 Å². The predicted molar refractivity (Wildman–Crippen MR) is 133 cm³/mol. The third-order valence-corrected chi connectivity index (χ3v) is 8.55. The van der Waals surface area contributed by atoms with Crippen molar-refractivity contribution in [2.75, 3.05) is 7.11 Å². The number of carbonyl (C=O) groups is 1. The molecule has 0 unspecified atom stereocenters. The fourth-order valence-corrected chi connectivity index (χ4v) is 6.49. The first-order chi connectivity index (χ1) is 16.3. The molecule has 0 saturated carbocycles. The zero-order valence-electron chi connectivity index (χ0n) is 17.8. The zero-order chi connectivity index (χ0) is 24.0. The molecule has 3 aromatic carbocycles. The minimum atomic E-state index is -4.06. The molecule has 0 N–H and O–H groups in total. The van der Waals surface area contributed by atoms with Crippen LogP contribution in [-0.4, -0.2) is 30.0 Å². The van der Waals surface area contributed by atoms with Gasteiger partial charge in [-0.05, 0) is 35.9 Å². The van der Waals surface area contributed by atoms with E-state index in [1.54, 1.807) is 41.0 Å². The van der Waals surface area contributed by atoms with Gasteiger partial charge in [0.15, 0.2) is 0 Å². The number of ether oxygens (including phenoxy) is 1. The van der Waals surface area contributed by atoms with E-state index in [1.165, 1.54) is 25.4 Å². The summed E-state index contributed by atoms with van der Waals surface area (Å²) in [6, 6.07) is 18.5. The molecule has 0 radical (unpaired) electrons. The van der Waals surface area contributed by atoms with Crippen LogP contribution in [-0.2, 0) is 21.3 Å². The van der Waals surface area contributed by atoms with Gasteiger partial charge in [0.1, 0.15) is 0 Å². The molecule has 0 atom stereocenters. The Hall–Kier alpha value is -3.40. The maximum absolute atomic E-state index is 13.6. The third kappa shape index (κ3) is 3.62. The van der Waals surface area contributed by atoms with E-state index in [0.29, 0.717) is 26.1 Å². The number of thiazole rings is 1. The number of carbonyl (C=O) groups excluding carboxylic acids is 1. The molecule has 172 valence electrons. The number of aromatic nitrogens is 2. The van der Waals surface area contributed by atoms with Crippen LogP contribution in [0.3, 0.4) is 0 Å². The number of halogens is 1. The van der Waals surface area contributed by atoms with Crippen molar-refractivity contribution in [3.63, 3.8) is 0 Å². The van der Waals surface area contributed by atoms with Crippen molar-refractivity contribution in [3.8, 4) is 0 Å². The lowest BCUT2D eigenvalue weighted by Crippen LogP contribution is -2.14. The van der Waals surface area contributed by atoms with Crippen LogP contribution in [0.2, 0.25) is 5.02 Å². The second-order valence-electron chi connectivity index (χ2n) is 7.53. The zero-order valence-corrected chi connectivity index (χ0v) is 20.2. The number of nitrogens with zero attached hydrogens (tertiary/aromatic N) is 2. The van der Waals surface area contributed by atoms with Crippen LogP contribution in [0.15, 0.2) is 82.6 Å². The van der Waals surface area contributed by atoms with Crippen LogP contribution in [0.4, 0.5) is 0 Å². The van der Waals surface area contributed by atoms with Gasteiger partial charge in [-0.2, -0.15) is 0 Å². The number of benzene rings is 3. The van der Waals surface area contributed by atoms with Gasteiger partial charge in [0, 0.05) is 16.6 Å². The summed E-state index contributed by atoms with van der Waals surface area (Å²) in [5, 5.41) is 1.02. The number of rotatable bonds is 5. The first-order valence-corrected chi connectivity index (χ1v) is 12.8. The van der Waals surface area contributed by atoms with E-state index >= 15 is 0 Å². The van der Waals surface area contributed by atoms with Gasteiger partial charge in [0.25, 0.3) is 10.0 Å². The number of hydrogen-bond acceptors (Lipinski definition) is 6. The van der Waals surface area contributed by atoms with Gasteiger partial charge in [-0.25, -0.2) is 17.2 Å². The molecule has 2 heterocycles. The SMILES string of the molecule is COC(=O)c1cn(S(=O)(=O)c2ccc3c(c2)sc(=O)n3Cc2ccccc2Cl)c2ccccc12. The summed E-state index contributed by atoms with van der Waals surface area (Å²) in [6.07, 6.45) is 1.26. The van der Waals surface area contributed by atoms with Gasteiger partial charge in [-0.3, -0.25) is 9.36 Å². The van der Waals surface area contributed by atoms with Crippen LogP contribution >= 0.6 is 22.9 Å². The lowest BCUT2D eigenvalue weighted by molar-refractivity contribution is 0.0603. The number of hydrogen-bond donors (Lipinski definition) is 0. The molecule has 10 heteroatoms. The third-order valence-electron chi connectivity index (χ3n) is 5.57. The lowest BCUT2D eigenvalue weighted by atomic mass is 10.2. The van der Waals surface area contributed by atoms with Gasteiger partial charge in [0.2, 0.25) is 0 Å². The molecule has 0 aliphatic carbocycles. The van der Waals surface area contributed by atoms with Crippen LogP contribution in [0, 0.1) is 0 Å². The molecule has 0 aliphatic rings. The smallest absolute Gasteiger partial charge is 0.340 e. The van der Waals surface area contributed by atoms with Gasteiger partial charge in [0.05, 0.1) is 39.8 Å². The summed E-state index contributed by atoms with van der Waals surface area (Å²) >= 11 is 7.22. The summed E-state index contributed by atoms with van der Waals surface area (Å²) in [4.78, 5) is 24.7. The van der Waals surface area contributed by atoms with Crippen molar-refractivity contribution in [3.05, 3.63) is 98.7 Å². The topological polar surface area (TPSA) is 87.4 Å². The van der Waals surface area contributed by atoms with Gasteiger partial charge < -0.3 is 4.74 Å². The van der Waals surface area contributed by atoms with E-state index in [1.807, 2.05) is 18.2 Å². The van der Waals surface area contributed by atoms with Crippen LogP contribution < -0.4 is 4.87 Å². The highest BCUT2D eigenvalue weighted by Crippen LogP contribution is 2.29. The second kappa shape index (κ2) is 8.43. The maximum atomic E-state index is 13.6. The van der Waals surface area contributed by atoms with Crippen molar-refractivity contribution < 1.29 is 17.9 Å². The Kier molecular flexibility index (Phi) is 5.55. The molecule has 0 fully saturated rings. The minimum absolute atomic E-state index is 0.00307. The molecule has 0 bridgehead atoms. The van der Waals surface area contributed by atoms with Crippen molar-refractivity contribution in [1.29, 1.82) is 0 Å². The first-order valence-electron chi connectivity index (χ1n) is 10.1. The summed E-state index contributed by atoms with van der Waals surface area (Å²) < 4.78 is 35.1. The van der Waals surface area contributed by atoms with E-state index in [9.17, 15) is 18.0 Å². The number of methoxy groups -OCH3 is 1. The Morgan fingerprint density at radius 3 is 2.53 bits per heavy atom. The van der Waals surface area contributed by atoms with E-state index in [2.05, 4.69) is 0 Å². The van der Waals surface area contributed by atoms with Crippen LogP contribution in [0.5, 0.6) is 0 Å². The molecule has 0 amide bonds. The molecular weight excluding hydrogens is 496 g/mol. The molecule has 7 nitrogen and oxygen atoms in total. The predicted octanol–water partition coefficient (Wildman–Crippen LogP) is 4.74. The Balaban J connectivity index is 1.62. The van der Waals surface area contributed by atoms with Gasteiger partial charge in [-0.15, -0.1) is 0 Å². The average Bonchev–Trinajstić information content (AvgIpc) is 3.38. The van der Waals surface area contributed by atoms with Crippen LogP contribution in [0.25, 0.3) is 21.1 Å². The normalized spacial score (nSPS) is 11.8. The van der Waals surface area contributed by atoms with Crippen molar-refractivity contribution in [1.82, 2.24) is 8.54 Å². The Bertz CT molecular complexity index is 1750. The monoisotopic (exact) mass is 512 g/mol. The number of fused-ring (bicyclic) bond motifs is 2. The summed E-state index contributed by atoms with van der Waals surface area (Å²) in [6.45, 7) is 0.273. The molecule has 5 rings (SSSR count). The molecule has 34 heavy (non-hydrogen) atoms. The highest BCUT2D eigenvalue weighted by atomic mass is 35.5. The number of esters is 1. The van der Waals surface area contributed by atoms with E-state index < -0.39 is 16.0 Å². The summed E-state index contributed by atoms with van der Waals surface area (Å²) in [5.74, 6) is -0.629.